The topological polar surface area (TPSA) is 152 Å². The number of H-pyrrole nitrogens is 1. The molecule has 0 spiro atoms. The molecule has 1 fully saturated rings. The number of unbranched alkanes of at least 4 members (excludes halogenated alkanes) is 3. The standard InChI is InChI=1S/C17H27N5O6/c1-12-9-22(17(25)20-16(12)24)15-8-13(14(10-23)28-15)27-11-26-7-5-3-2-4-6-19-21-18/h9,13-15,23H,2-8,10-11H2,1H3,(H,20,24,25)/t13-,14+,15+/m0/s1. The Bertz CT molecular complexity index is 772. The predicted molar refractivity (Wildman–Crippen MR) is 99.8 cm³/mol. The molecule has 0 amide bonds. The second-order valence-corrected chi connectivity index (χ2v) is 6.63. The molecule has 1 aliphatic heterocycles. The van der Waals surface area contributed by atoms with Gasteiger partial charge in [0.25, 0.3) is 5.56 Å². The van der Waals surface area contributed by atoms with Crippen molar-refractivity contribution >= 4 is 0 Å². The lowest BCUT2D eigenvalue weighted by atomic mass is 10.2. The molecule has 28 heavy (non-hydrogen) atoms. The third kappa shape index (κ3) is 6.47. The highest BCUT2D eigenvalue weighted by atomic mass is 16.7. The molecular formula is C17H27N5O6. The molecule has 0 aromatic carbocycles. The lowest BCUT2D eigenvalue weighted by molar-refractivity contribution is -0.119. The number of rotatable bonds is 12. The summed E-state index contributed by atoms with van der Waals surface area (Å²) < 4.78 is 18.1. The summed E-state index contributed by atoms with van der Waals surface area (Å²) in [4.78, 5) is 28.4. The number of ether oxygens (including phenoxy) is 3. The number of aromatic amines is 1. The summed E-state index contributed by atoms with van der Waals surface area (Å²) in [5, 5.41) is 13.0. The number of azide groups is 1. The fourth-order valence-corrected chi connectivity index (χ4v) is 2.99. The van der Waals surface area contributed by atoms with Crippen molar-refractivity contribution in [1.29, 1.82) is 0 Å². The first-order valence-corrected chi connectivity index (χ1v) is 9.35. The van der Waals surface area contributed by atoms with E-state index in [-0.39, 0.29) is 13.4 Å². The number of aliphatic hydroxyl groups excluding tert-OH is 1. The van der Waals surface area contributed by atoms with E-state index in [9.17, 15) is 14.7 Å². The summed E-state index contributed by atoms with van der Waals surface area (Å²) in [5.74, 6) is 0. The Kier molecular flexibility index (Phi) is 9.18. The van der Waals surface area contributed by atoms with Gasteiger partial charge in [-0.2, -0.15) is 0 Å². The first-order valence-electron chi connectivity index (χ1n) is 9.35. The van der Waals surface area contributed by atoms with Crippen LogP contribution < -0.4 is 11.2 Å². The zero-order chi connectivity index (χ0) is 20.4. The first kappa shape index (κ1) is 22.1. The van der Waals surface area contributed by atoms with Gasteiger partial charge in [-0.25, -0.2) is 4.79 Å². The van der Waals surface area contributed by atoms with Crippen LogP contribution in [-0.4, -0.2) is 53.4 Å². The molecule has 0 bridgehead atoms. The summed E-state index contributed by atoms with van der Waals surface area (Å²) >= 11 is 0. The Morgan fingerprint density at radius 1 is 1.39 bits per heavy atom. The monoisotopic (exact) mass is 397 g/mol. The Balaban J connectivity index is 1.72. The molecule has 11 heteroatoms. The normalized spacial score (nSPS) is 21.6. The number of aryl methyl sites for hydroxylation is 1. The summed E-state index contributed by atoms with van der Waals surface area (Å²) in [7, 11) is 0. The number of hydrogen-bond acceptors (Lipinski definition) is 7. The van der Waals surface area contributed by atoms with Gasteiger partial charge in [0.2, 0.25) is 0 Å². The van der Waals surface area contributed by atoms with Crippen molar-refractivity contribution in [3.63, 3.8) is 0 Å². The van der Waals surface area contributed by atoms with Crippen LogP contribution in [0.4, 0.5) is 0 Å². The highest BCUT2D eigenvalue weighted by molar-refractivity contribution is 5.02. The van der Waals surface area contributed by atoms with Gasteiger partial charge in [-0.1, -0.05) is 18.0 Å². The van der Waals surface area contributed by atoms with Crippen LogP contribution in [0, 0.1) is 6.92 Å². The number of nitrogens with one attached hydrogen (secondary N) is 1. The molecule has 156 valence electrons. The van der Waals surface area contributed by atoms with E-state index in [0.717, 1.165) is 25.7 Å². The van der Waals surface area contributed by atoms with Crippen LogP contribution in [0.3, 0.4) is 0 Å². The van der Waals surface area contributed by atoms with Crippen LogP contribution in [0.1, 0.15) is 43.9 Å². The van der Waals surface area contributed by atoms with Gasteiger partial charge < -0.3 is 19.3 Å². The number of aliphatic hydroxyl groups is 1. The maximum Gasteiger partial charge on any atom is 0.330 e. The van der Waals surface area contributed by atoms with Gasteiger partial charge in [-0.05, 0) is 25.3 Å². The van der Waals surface area contributed by atoms with Gasteiger partial charge in [0.15, 0.2) is 0 Å². The summed E-state index contributed by atoms with van der Waals surface area (Å²) in [6.45, 7) is 2.48. The predicted octanol–water partition coefficient (Wildman–Crippen LogP) is 1.35. The highest BCUT2D eigenvalue weighted by Crippen LogP contribution is 2.29. The molecule has 1 aliphatic rings. The van der Waals surface area contributed by atoms with E-state index in [4.69, 9.17) is 19.7 Å². The first-order chi connectivity index (χ1) is 13.6. The molecule has 1 aromatic heterocycles. The van der Waals surface area contributed by atoms with Gasteiger partial charge in [0.1, 0.15) is 19.1 Å². The Morgan fingerprint density at radius 3 is 2.93 bits per heavy atom. The number of aromatic nitrogens is 2. The minimum atomic E-state index is -0.624. The summed E-state index contributed by atoms with van der Waals surface area (Å²) in [6, 6.07) is 0. The summed E-state index contributed by atoms with van der Waals surface area (Å²) in [6.07, 6.45) is 3.88. The quantitative estimate of drug-likeness (QED) is 0.179. The van der Waals surface area contributed by atoms with E-state index in [1.165, 1.54) is 10.8 Å². The third-order valence-corrected chi connectivity index (χ3v) is 4.54. The highest BCUT2D eigenvalue weighted by Gasteiger charge is 2.37. The van der Waals surface area contributed by atoms with E-state index < -0.39 is 29.7 Å². The molecule has 2 N–H and O–H groups in total. The molecule has 0 saturated carbocycles. The second-order valence-electron chi connectivity index (χ2n) is 6.63. The average molecular weight is 397 g/mol. The fraction of sp³-hybridized carbons (Fsp3) is 0.765. The van der Waals surface area contributed by atoms with Gasteiger partial charge >= 0.3 is 5.69 Å². The van der Waals surface area contributed by atoms with Crippen LogP contribution in [0.2, 0.25) is 0 Å². The van der Waals surface area contributed by atoms with Crippen molar-refractivity contribution in [2.24, 2.45) is 5.11 Å². The smallest absolute Gasteiger partial charge is 0.330 e. The molecule has 11 nitrogen and oxygen atoms in total. The van der Waals surface area contributed by atoms with Gasteiger partial charge in [0.05, 0.1) is 12.7 Å². The minimum absolute atomic E-state index is 0.0650. The zero-order valence-corrected chi connectivity index (χ0v) is 16.0. The van der Waals surface area contributed by atoms with Crippen LogP contribution in [0.15, 0.2) is 20.9 Å². The lowest BCUT2D eigenvalue weighted by Gasteiger charge is -2.16. The molecule has 2 rings (SSSR count). The van der Waals surface area contributed by atoms with Gasteiger partial charge in [-0.3, -0.25) is 14.3 Å². The molecule has 1 saturated heterocycles. The summed E-state index contributed by atoms with van der Waals surface area (Å²) in [5.41, 5.74) is 7.58. The van der Waals surface area contributed by atoms with E-state index >= 15 is 0 Å². The Labute approximate surface area is 161 Å². The average Bonchev–Trinajstić information content (AvgIpc) is 3.09. The second kappa shape index (κ2) is 11.6. The van der Waals surface area contributed by atoms with E-state index in [1.54, 1.807) is 6.92 Å². The SMILES string of the molecule is Cc1cn([C@H]2C[C@H](OCOCCCCCCN=[N+]=[N-])[C@@H](CO)O2)c(=O)[nH]c1=O. The minimum Gasteiger partial charge on any atom is -0.394 e. The van der Waals surface area contributed by atoms with E-state index in [2.05, 4.69) is 15.0 Å². The largest absolute Gasteiger partial charge is 0.394 e. The number of nitrogens with zero attached hydrogens (tertiary/aromatic N) is 4. The zero-order valence-electron chi connectivity index (χ0n) is 16.0. The maximum absolute atomic E-state index is 12.0. The van der Waals surface area contributed by atoms with Crippen molar-refractivity contribution in [1.82, 2.24) is 9.55 Å². The van der Waals surface area contributed by atoms with Crippen molar-refractivity contribution in [3.05, 3.63) is 43.0 Å². The molecule has 0 radical (unpaired) electrons. The van der Waals surface area contributed by atoms with Gasteiger partial charge in [-0.15, -0.1) is 0 Å². The molecular weight excluding hydrogens is 370 g/mol. The Hall–Kier alpha value is -2.17. The van der Waals surface area contributed by atoms with E-state index in [1.807, 2.05) is 0 Å². The van der Waals surface area contributed by atoms with Crippen LogP contribution in [0.5, 0.6) is 0 Å². The molecule has 2 heterocycles. The maximum atomic E-state index is 12.0. The third-order valence-electron chi connectivity index (χ3n) is 4.54. The van der Waals surface area contributed by atoms with Crippen molar-refractivity contribution < 1.29 is 19.3 Å². The van der Waals surface area contributed by atoms with E-state index in [0.29, 0.717) is 25.1 Å². The molecule has 3 atom stereocenters. The number of hydrogen-bond donors (Lipinski definition) is 2. The molecule has 0 unspecified atom stereocenters. The lowest BCUT2D eigenvalue weighted by Crippen LogP contribution is -2.33. The van der Waals surface area contributed by atoms with Crippen molar-refractivity contribution in [3.8, 4) is 0 Å². The molecule has 1 aromatic rings. The van der Waals surface area contributed by atoms with Crippen LogP contribution in [-0.2, 0) is 14.2 Å². The van der Waals surface area contributed by atoms with Crippen molar-refractivity contribution in [2.75, 3.05) is 26.6 Å². The van der Waals surface area contributed by atoms with Crippen molar-refractivity contribution in [2.45, 2.75) is 57.5 Å². The van der Waals surface area contributed by atoms with Crippen LogP contribution >= 0.6 is 0 Å². The fourth-order valence-electron chi connectivity index (χ4n) is 2.99. The van der Waals surface area contributed by atoms with Gasteiger partial charge in [0, 0.05) is 36.2 Å². The Morgan fingerprint density at radius 2 is 2.18 bits per heavy atom. The van der Waals surface area contributed by atoms with Crippen LogP contribution in [0.25, 0.3) is 10.4 Å². The molecule has 0 aliphatic carbocycles.